The fourth-order valence-corrected chi connectivity index (χ4v) is 3.16. The van der Waals surface area contributed by atoms with E-state index < -0.39 is 4.92 Å². The molecule has 2 amide bonds. The Labute approximate surface area is 140 Å². The van der Waals surface area contributed by atoms with Crippen LogP contribution in [0.2, 0.25) is 0 Å². The van der Waals surface area contributed by atoms with E-state index in [2.05, 4.69) is 5.32 Å². The number of carbonyl (C=O) groups excluding carboxylic acids is 2. The number of hydrogen-bond acceptors (Lipinski definition) is 4. The van der Waals surface area contributed by atoms with Crippen LogP contribution in [-0.4, -0.2) is 34.7 Å². The van der Waals surface area contributed by atoms with Gasteiger partial charge >= 0.3 is 0 Å². The molecular weight excluding hydrogens is 310 g/mol. The molecule has 1 heterocycles. The van der Waals surface area contributed by atoms with Gasteiger partial charge in [0.1, 0.15) is 0 Å². The van der Waals surface area contributed by atoms with Crippen molar-refractivity contribution in [3.8, 4) is 0 Å². The van der Waals surface area contributed by atoms with Gasteiger partial charge in [0.25, 0.3) is 5.69 Å². The molecule has 1 unspecified atom stereocenters. The van der Waals surface area contributed by atoms with Crippen molar-refractivity contribution in [2.45, 2.75) is 32.6 Å². The molecule has 2 aliphatic rings. The minimum absolute atomic E-state index is 0.0341. The molecular formula is C17H21N3O4. The van der Waals surface area contributed by atoms with Crippen LogP contribution in [0.3, 0.4) is 0 Å². The third-order valence-corrected chi connectivity index (χ3v) is 4.69. The molecule has 1 saturated carbocycles. The maximum absolute atomic E-state index is 12.5. The Morgan fingerprint density at radius 2 is 2.00 bits per heavy atom. The summed E-state index contributed by atoms with van der Waals surface area (Å²) in [5, 5.41) is 13.7. The average Bonchev–Trinajstić information content (AvgIpc) is 3.39. The first-order valence-corrected chi connectivity index (χ1v) is 8.30. The number of hydrogen-bond donors (Lipinski definition) is 1. The molecule has 0 bridgehead atoms. The molecule has 24 heavy (non-hydrogen) atoms. The fourth-order valence-electron chi connectivity index (χ4n) is 3.16. The summed E-state index contributed by atoms with van der Waals surface area (Å²) in [5.41, 5.74) is 1.09. The Morgan fingerprint density at radius 3 is 2.62 bits per heavy atom. The van der Waals surface area contributed by atoms with E-state index in [9.17, 15) is 19.7 Å². The zero-order valence-corrected chi connectivity index (χ0v) is 13.7. The normalized spacial score (nSPS) is 20.5. The Morgan fingerprint density at radius 1 is 1.25 bits per heavy atom. The Balaban J connectivity index is 1.62. The number of rotatable bonds is 4. The van der Waals surface area contributed by atoms with Crippen molar-refractivity contribution in [3.05, 3.63) is 33.9 Å². The lowest BCUT2D eigenvalue weighted by Gasteiger charge is -2.32. The predicted octanol–water partition coefficient (Wildman–Crippen LogP) is 2.49. The molecule has 2 fully saturated rings. The molecule has 0 radical (unpaired) electrons. The monoisotopic (exact) mass is 331 g/mol. The Hall–Kier alpha value is -2.44. The summed E-state index contributed by atoms with van der Waals surface area (Å²) in [5.74, 6) is -0.00342. The summed E-state index contributed by atoms with van der Waals surface area (Å²) in [7, 11) is 0. The largest absolute Gasteiger partial charge is 0.342 e. The summed E-state index contributed by atoms with van der Waals surface area (Å²) in [4.78, 5) is 36.8. The van der Waals surface area contributed by atoms with E-state index >= 15 is 0 Å². The lowest BCUT2D eigenvalue weighted by molar-refractivity contribution is -0.385. The van der Waals surface area contributed by atoms with Gasteiger partial charge in [-0.2, -0.15) is 0 Å². The molecule has 1 saturated heterocycles. The van der Waals surface area contributed by atoms with Gasteiger partial charge in [0.2, 0.25) is 11.8 Å². The van der Waals surface area contributed by atoms with E-state index in [1.54, 1.807) is 19.1 Å². The molecule has 1 atom stereocenters. The van der Waals surface area contributed by atoms with E-state index in [1.165, 1.54) is 6.07 Å². The van der Waals surface area contributed by atoms with E-state index in [0.29, 0.717) is 17.8 Å². The maximum atomic E-state index is 12.5. The lowest BCUT2D eigenvalue weighted by atomic mass is 9.96. The smallest absolute Gasteiger partial charge is 0.272 e. The van der Waals surface area contributed by atoms with Crippen LogP contribution in [0.1, 0.15) is 31.2 Å². The van der Waals surface area contributed by atoms with Crippen LogP contribution in [0.25, 0.3) is 0 Å². The first-order chi connectivity index (χ1) is 11.5. The first-order valence-electron chi connectivity index (χ1n) is 8.30. The van der Waals surface area contributed by atoms with Gasteiger partial charge in [-0.3, -0.25) is 19.7 Å². The quantitative estimate of drug-likeness (QED) is 0.677. The number of anilines is 1. The summed E-state index contributed by atoms with van der Waals surface area (Å²) < 4.78 is 0. The Kier molecular flexibility index (Phi) is 4.51. The Bertz CT molecular complexity index is 684. The van der Waals surface area contributed by atoms with E-state index in [1.807, 2.05) is 4.90 Å². The van der Waals surface area contributed by atoms with Gasteiger partial charge < -0.3 is 10.2 Å². The predicted molar refractivity (Wildman–Crippen MR) is 88.5 cm³/mol. The number of nitrogens with one attached hydrogen (secondary N) is 1. The SMILES string of the molecule is Cc1cc(NC(=O)C2CCCN(C(=O)C3CC3)C2)ccc1[N+](=O)[O-]. The van der Waals surface area contributed by atoms with Crippen molar-refractivity contribution < 1.29 is 14.5 Å². The summed E-state index contributed by atoms with van der Waals surface area (Å²) in [6.07, 6.45) is 3.52. The third-order valence-electron chi connectivity index (χ3n) is 4.69. The van der Waals surface area contributed by atoms with Gasteiger partial charge in [-0.25, -0.2) is 0 Å². The maximum Gasteiger partial charge on any atom is 0.272 e. The van der Waals surface area contributed by atoms with Crippen LogP contribution in [0, 0.1) is 28.9 Å². The second-order valence-corrected chi connectivity index (χ2v) is 6.65. The molecule has 1 N–H and O–H groups in total. The molecule has 3 rings (SSSR count). The van der Waals surface area contributed by atoms with Gasteiger partial charge in [0, 0.05) is 36.3 Å². The molecule has 0 spiro atoms. The second-order valence-electron chi connectivity index (χ2n) is 6.65. The molecule has 128 valence electrons. The average molecular weight is 331 g/mol. The van der Waals surface area contributed by atoms with E-state index in [-0.39, 0.29) is 29.3 Å². The number of nitrogens with zero attached hydrogens (tertiary/aromatic N) is 2. The van der Waals surface area contributed by atoms with Crippen LogP contribution in [0.4, 0.5) is 11.4 Å². The zero-order chi connectivity index (χ0) is 17.3. The van der Waals surface area contributed by atoms with E-state index in [4.69, 9.17) is 0 Å². The highest BCUT2D eigenvalue weighted by molar-refractivity contribution is 5.93. The van der Waals surface area contributed by atoms with E-state index in [0.717, 1.165) is 32.2 Å². The number of nitro groups is 1. The molecule has 7 nitrogen and oxygen atoms in total. The van der Waals surface area contributed by atoms with Crippen LogP contribution in [-0.2, 0) is 9.59 Å². The van der Waals surface area contributed by atoms with Crippen LogP contribution in [0.5, 0.6) is 0 Å². The number of carbonyl (C=O) groups is 2. The highest BCUT2D eigenvalue weighted by Crippen LogP contribution is 2.32. The van der Waals surface area contributed by atoms with Gasteiger partial charge in [0.05, 0.1) is 10.8 Å². The summed E-state index contributed by atoms with van der Waals surface area (Å²) in [6, 6.07) is 4.54. The zero-order valence-electron chi connectivity index (χ0n) is 13.7. The van der Waals surface area contributed by atoms with Gasteiger partial charge in [-0.1, -0.05) is 0 Å². The van der Waals surface area contributed by atoms with Gasteiger partial charge in [-0.05, 0) is 44.7 Å². The van der Waals surface area contributed by atoms with Crippen molar-refractivity contribution in [2.75, 3.05) is 18.4 Å². The number of likely N-dealkylation sites (tertiary alicyclic amines) is 1. The van der Waals surface area contributed by atoms with Crippen LogP contribution < -0.4 is 5.32 Å². The molecule has 0 aromatic heterocycles. The first kappa shape index (κ1) is 16.4. The molecule has 1 aliphatic heterocycles. The minimum atomic E-state index is -0.441. The van der Waals surface area contributed by atoms with Crippen LogP contribution >= 0.6 is 0 Å². The molecule has 1 aliphatic carbocycles. The lowest BCUT2D eigenvalue weighted by Crippen LogP contribution is -2.44. The minimum Gasteiger partial charge on any atom is -0.342 e. The highest BCUT2D eigenvalue weighted by Gasteiger charge is 2.36. The number of amides is 2. The topological polar surface area (TPSA) is 92.6 Å². The highest BCUT2D eigenvalue weighted by atomic mass is 16.6. The summed E-state index contributed by atoms with van der Waals surface area (Å²) in [6.45, 7) is 2.84. The van der Waals surface area contributed by atoms with Gasteiger partial charge in [-0.15, -0.1) is 0 Å². The molecule has 1 aromatic rings. The summed E-state index contributed by atoms with van der Waals surface area (Å²) >= 11 is 0. The number of aryl methyl sites for hydroxylation is 1. The number of benzene rings is 1. The van der Waals surface area contributed by atoms with Crippen molar-refractivity contribution in [1.29, 1.82) is 0 Å². The molecule has 1 aromatic carbocycles. The number of piperidine rings is 1. The van der Waals surface area contributed by atoms with Crippen molar-refractivity contribution in [3.63, 3.8) is 0 Å². The molecule has 7 heteroatoms. The standard InChI is InChI=1S/C17H21N3O4/c1-11-9-14(6-7-15(11)20(23)24)18-16(21)13-3-2-8-19(10-13)17(22)12-4-5-12/h6-7,9,12-13H,2-5,8,10H2,1H3,(H,18,21). The van der Waals surface area contributed by atoms with Gasteiger partial charge in [0.15, 0.2) is 0 Å². The van der Waals surface area contributed by atoms with Crippen molar-refractivity contribution in [1.82, 2.24) is 4.90 Å². The van der Waals surface area contributed by atoms with Crippen LogP contribution in [0.15, 0.2) is 18.2 Å². The second kappa shape index (κ2) is 6.59. The third kappa shape index (κ3) is 3.55. The number of nitro benzene ring substituents is 1. The fraction of sp³-hybridized carbons (Fsp3) is 0.529. The van der Waals surface area contributed by atoms with Crippen molar-refractivity contribution >= 4 is 23.2 Å². The van der Waals surface area contributed by atoms with Crippen molar-refractivity contribution in [2.24, 2.45) is 11.8 Å².